The number of aliphatic carboxylic acids is 1. The summed E-state index contributed by atoms with van der Waals surface area (Å²) in [5.41, 5.74) is 0. The van der Waals surface area contributed by atoms with Crippen LogP contribution < -0.4 is 5.11 Å². The van der Waals surface area contributed by atoms with Gasteiger partial charge < -0.3 is 15.0 Å². The van der Waals surface area contributed by atoms with Gasteiger partial charge in [-0.2, -0.15) is 0 Å². The maximum absolute atomic E-state index is 9.60. The van der Waals surface area contributed by atoms with Gasteiger partial charge in [-0.1, -0.05) is 0 Å². The number of aliphatic hydroxyl groups excluding tert-OH is 1. The summed E-state index contributed by atoms with van der Waals surface area (Å²) in [6.45, 7) is -0.984. The number of rotatable bonds is 2. The minimum Gasteiger partial charge on any atom is -0.542 e. The number of hydrogen-bond donors (Lipinski definition) is 1. The van der Waals surface area contributed by atoms with Gasteiger partial charge in [-0.15, -0.1) is 0 Å². The second-order valence-electron chi connectivity index (χ2n) is 0.869. The molecule has 0 amide bonds. The fourth-order valence-electron chi connectivity index (χ4n) is 0.0645. The first-order chi connectivity index (χ1) is 3.18. The van der Waals surface area contributed by atoms with Gasteiger partial charge in [0.2, 0.25) is 5.78 Å². The van der Waals surface area contributed by atoms with E-state index in [2.05, 4.69) is 0 Å². The quantitative estimate of drug-likeness (QED) is 0.386. The summed E-state index contributed by atoms with van der Waals surface area (Å²) >= 11 is 0. The van der Waals surface area contributed by atoms with Crippen LogP contribution in [0, 0.1) is 0 Å². The van der Waals surface area contributed by atoms with Gasteiger partial charge in [0.05, 0.1) is 0 Å². The molecule has 0 unspecified atom stereocenters. The number of carboxylic acids is 1. The third kappa shape index (κ3) is 1.88. The van der Waals surface area contributed by atoms with Crippen LogP contribution in [0.1, 0.15) is 0 Å². The number of carbonyl (C=O) groups excluding carboxylic acids is 2. The molecule has 0 aliphatic rings. The fraction of sp³-hybridized carbons (Fsp3) is 0.333. The molecule has 0 aromatic carbocycles. The average Bonchev–Trinajstić information content (AvgIpc) is 1.65. The van der Waals surface area contributed by atoms with Crippen molar-refractivity contribution in [2.24, 2.45) is 0 Å². The van der Waals surface area contributed by atoms with Gasteiger partial charge >= 0.3 is 0 Å². The number of hydrogen-bond acceptors (Lipinski definition) is 4. The smallest absolute Gasteiger partial charge is 0.203 e. The van der Waals surface area contributed by atoms with E-state index in [4.69, 9.17) is 5.11 Å². The first-order valence-corrected chi connectivity index (χ1v) is 1.53. The van der Waals surface area contributed by atoms with Crippen LogP contribution in [0.5, 0.6) is 0 Å². The Labute approximate surface area is 39.4 Å². The van der Waals surface area contributed by atoms with E-state index < -0.39 is 18.4 Å². The maximum Gasteiger partial charge on any atom is 0.203 e. The van der Waals surface area contributed by atoms with E-state index in [0.29, 0.717) is 0 Å². The molecule has 0 rings (SSSR count). The molecule has 40 valence electrons. The number of carbonyl (C=O) groups is 2. The van der Waals surface area contributed by atoms with Crippen LogP contribution in [-0.4, -0.2) is 23.5 Å². The van der Waals surface area contributed by atoms with Gasteiger partial charge in [-0.3, -0.25) is 4.79 Å². The summed E-state index contributed by atoms with van der Waals surface area (Å²) in [7, 11) is 0. The van der Waals surface area contributed by atoms with Crippen LogP contribution >= 0.6 is 0 Å². The zero-order valence-corrected chi connectivity index (χ0v) is 3.38. The first kappa shape index (κ1) is 6.10. The SMILES string of the molecule is O=C([O-])C(=O)CO. The van der Waals surface area contributed by atoms with Crippen molar-refractivity contribution in [1.82, 2.24) is 0 Å². The Bertz CT molecular complexity index is 95.1. The molecule has 4 nitrogen and oxygen atoms in total. The first-order valence-electron chi connectivity index (χ1n) is 1.53. The molecule has 0 aliphatic carbocycles. The van der Waals surface area contributed by atoms with Crippen LogP contribution in [-0.2, 0) is 9.59 Å². The lowest BCUT2D eigenvalue weighted by molar-refractivity contribution is -0.300. The summed E-state index contributed by atoms with van der Waals surface area (Å²) in [5.74, 6) is -3.14. The number of carboxylic acid groups (broad SMARTS) is 1. The van der Waals surface area contributed by atoms with E-state index in [0.717, 1.165) is 0 Å². The summed E-state index contributed by atoms with van der Waals surface area (Å²) in [6.07, 6.45) is 0. The third-order valence-electron chi connectivity index (χ3n) is 0.371. The second-order valence-corrected chi connectivity index (χ2v) is 0.869. The van der Waals surface area contributed by atoms with Gasteiger partial charge in [0.25, 0.3) is 0 Å². The monoisotopic (exact) mass is 103 g/mol. The lowest BCUT2D eigenvalue weighted by atomic mass is 10.4. The zero-order valence-electron chi connectivity index (χ0n) is 3.38. The van der Waals surface area contributed by atoms with Crippen molar-refractivity contribution in [3.05, 3.63) is 0 Å². The van der Waals surface area contributed by atoms with Crippen molar-refractivity contribution >= 4 is 11.8 Å². The van der Waals surface area contributed by atoms with Gasteiger partial charge in [0, 0.05) is 0 Å². The Morgan fingerprint density at radius 2 is 2.00 bits per heavy atom. The summed E-state index contributed by atoms with van der Waals surface area (Å²) < 4.78 is 0. The van der Waals surface area contributed by atoms with E-state index >= 15 is 0 Å². The third-order valence-corrected chi connectivity index (χ3v) is 0.371. The van der Waals surface area contributed by atoms with Crippen LogP contribution in [0.2, 0.25) is 0 Å². The molecule has 0 fully saturated rings. The molecule has 0 spiro atoms. The molecule has 0 radical (unpaired) electrons. The molecule has 1 N–H and O–H groups in total. The highest BCUT2D eigenvalue weighted by Gasteiger charge is 1.95. The van der Waals surface area contributed by atoms with E-state index in [1.54, 1.807) is 0 Å². The van der Waals surface area contributed by atoms with Gasteiger partial charge in [0.1, 0.15) is 12.6 Å². The molecule has 7 heavy (non-hydrogen) atoms. The normalized spacial score (nSPS) is 8.14. The maximum atomic E-state index is 9.60. The average molecular weight is 103 g/mol. The number of ketones is 1. The lowest BCUT2D eigenvalue weighted by Gasteiger charge is -1.91. The minimum absolute atomic E-state index is 0.984. The van der Waals surface area contributed by atoms with E-state index in [9.17, 15) is 14.7 Å². The predicted octanol–water partition coefficient (Wildman–Crippen LogP) is -2.70. The molecule has 0 atom stereocenters. The molecular formula is C3H3O4-. The summed E-state index contributed by atoms with van der Waals surface area (Å²) in [5, 5.41) is 17.0. The van der Waals surface area contributed by atoms with Crippen molar-refractivity contribution in [1.29, 1.82) is 0 Å². The summed E-state index contributed by atoms with van der Waals surface area (Å²) in [4.78, 5) is 18.9. The van der Waals surface area contributed by atoms with Crippen molar-refractivity contribution in [2.45, 2.75) is 0 Å². The highest BCUT2D eigenvalue weighted by atomic mass is 16.4. The molecule has 4 heteroatoms. The van der Waals surface area contributed by atoms with Crippen molar-refractivity contribution in [3.8, 4) is 0 Å². The Hall–Kier alpha value is -0.900. The molecule has 0 bridgehead atoms. The zero-order chi connectivity index (χ0) is 5.86. The molecule has 0 aliphatic heterocycles. The molecule has 0 saturated heterocycles. The Balaban J connectivity index is 3.58. The van der Waals surface area contributed by atoms with Crippen molar-refractivity contribution < 1.29 is 19.8 Å². The molecule has 0 aromatic rings. The predicted molar refractivity (Wildman–Crippen MR) is 17.1 cm³/mol. The topological polar surface area (TPSA) is 77.4 Å². The summed E-state index contributed by atoms with van der Waals surface area (Å²) in [6, 6.07) is 0. The standard InChI is InChI=1S/C3H4O4/c4-1-2(5)3(6)7/h4H,1H2,(H,6,7)/p-1. The highest BCUT2D eigenvalue weighted by Crippen LogP contribution is 1.60. The van der Waals surface area contributed by atoms with Gasteiger partial charge in [-0.05, 0) is 0 Å². The fourth-order valence-corrected chi connectivity index (χ4v) is 0.0645. The van der Waals surface area contributed by atoms with E-state index in [1.807, 2.05) is 0 Å². The van der Waals surface area contributed by atoms with E-state index in [-0.39, 0.29) is 0 Å². The number of aliphatic hydroxyl groups is 1. The van der Waals surface area contributed by atoms with Crippen LogP contribution in [0.3, 0.4) is 0 Å². The van der Waals surface area contributed by atoms with Crippen LogP contribution in [0.15, 0.2) is 0 Å². The Morgan fingerprint density at radius 3 is 2.00 bits per heavy atom. The van der Waals surface area contributed by atoms with Crippen molar-refractivity contribution in [2.75, 3.05) is 6.61 Å². The molecule has 0 saturated carbocycles. The van der Waals surface area contributed by atoms with E-state index in [1.165, 1.54) is 0 Å². The minimum atomic E-state index is -1.84. The Morgan fingerprint density at radius 1 is 1.57 bits per heavy atom. The molecule has 0 heterocycles. The highest BCUT2D eigenvalue weighted by molar-refractivity contribution is 6.32. The second kappa shape index (κ2) is 2.30. The van der Waals surface area contributed by atoms with Gasteiger partial charge in [-0.25, -0.2) is 0 Å². The van der Waals surface area contributed by atoms with Crippen LogP contribution in [0.4, 0.5) is 0 Å². The lowest BCUT2D eigenvalue weighted by Crippen LogP contribution is -2.33. The van der Waals surface area contributed by atoms with Gasteiger partial charge in [0.15, 0.2) is 0 Å². The number of Topliss-reactive ketones (excluding diaryl/α,β-unsaturated/α-hetero) is 1. The van der Waals surface area contributed by atoms with Crippen molar-refractivity contribution in [3.63, 3.8) is 0 Å². The molecule has 0 aromatic heterocycles. The molecular weight excluding hydrogens is 100 g/mol. The van der Waals surface area contributed by atoms with Crippen LogP contribution in [0.25, 0.3) is 0 Å². The Kier molecular flexibility index (Phi) is 2.01. The largest absolute Gasteiger partial charge is 0.542 e.